The van der Waals surface area contributed by atoms with E-state index in [1.54, 1.807) is 24.0 Å². The zero-order valence-electron chi connectivity index (χ0n) is 23.9. The average Bonchev–Trinajstić information content (AvgIpc) is 3.36. The van der Waals surface area contributed by atoms with Gasteiger partial charge in [-0.05, 0) is 36.1 Å². The Balaban J connectivity index is 1.52. The van der Waals surface area contributed by atoms with Crippen molar-refractivity contribution in [3.63, 3.8) is 0 Å². The van der Waals surface area contributed by atoms with Gasteiger partial charge in [0.25, 0.3) is 5.91 Å². The second-order valence-electron chi connectivity index (χ2n) is 11.0. The molecule has 3 aliphatic rings. The van der Waals surface area contributed by atoms with E-state index in [1.165, 1.54) is 32.2 Å². The molecule has 44 heavy (non-hydrogen) atoms. The van der Waals surface area contributed by atoms with Gasteiger partial charge in [0.15, 0.2) is 23.0 Å². The number of carbonyl (C=O) groups is 5. The number of ketones is 2. The first kappa shape index (κ1) is 27.5. The van der Waals surface area contributed by atoms with Gasteiger partial charge in [-0.15, -0.1) is 0 Å². The maximum atomic E-state index is 14.3. The fourth-order valence-electron chi connectivity index (χ4n) is 6.39. The monoisotopic (exact) mass is 597 g/mol. The number of hydrogen-bond donors (Lipinski definition) is 0. The van der Waals surface area contributed by atoms with Crippen LogP contribution in [0.1, 0.15) is 68.7 Å². The third-order valence-electron chi connectivity index (χ3n) is 8.20. The number of amides is 1. The molecule has 0 saturated carbocycles. The smallest absolute Gasteiger partial charge is 0.308 e. The molecule has 4 aromatic rings. The molecule has 0 bridgehead atoms. The van der Waals surface area contributed by atoms with E-state index in [9.17, 15) is 28.8 Å². The minimum atomic E-state index is -0.891. The van der Waals surface area contributed by atoms with Crippen LogP contribution in [0.2, 0.25) is 0 Å². The first-order valence-electron chi connectivity index (χ1n) is 13.7. The molecule has 1 saturated heterocycles. The zero-order valence-corrected chi connectivity index (χ0v) is 23.9. The van der Waals surface area contributed by atoms with Gasteiger partial charge < -0.3 is 28.3 Å². The maximum absolute atomic E-state index is 14.3. The van der Waals surface area contributed by atoms with Gasteiger partial charge in [-0.3, -0.25) is 28.8 Å². The largest absolute Gasteiger partial charge is 0.493 e. The van der Waals surface area contributed by atoms with E-state index in [0.717, 1.165) is 6.92 Å². The highest BCUT2D eigenvalue weighted by Crippen LogP contribution is 2.45. The Kier molecular flexibility index (Phi) is 5.82. The summed E-state index contributed by atoms with van der Waals surface area (Å²) in [6.45, 7) is 4.78. The fourth-order valence-corrected chi connectivity index (χ4v) is 6.39. The van der Waals surface area contributed by atoms with Crippen molar-refractivity contribution in [3.05, 3.63) is 74.1 Å². The molecule has 12 heteroatoms. The number of methoxy groups -OCH3 is 1. The number of esters is 2. The van der Waals surface area contributed by atoms with Crippen LogP contribution in [-0.2, 0) is 20.7 Å². The van der Waals surface area contributed by atoms with Crippen molar-refractivity contribution in [1.82, 2.24) is 4.90 Å². The normalized spacial score (nSPS) is 18.5. The van der Waals surface area contributed by atoms with Crippen LogP contribution in [0.5, 0.6) is 17.2 Å². The molecule has 0 N–H and O–H groups in total. The standard InChI is InChI=1S/C32H23NO11/c1-13(34)42-21-10-18-19(11-20(21)40-4)44-30-25(26(18)36)28(38)24-17(27(30)37)6-5-15-9-16-12-32(3)33(7-8-41-32)31(39)23(16)29(22(15)24)43-14(2)35/h5-6,9-11H,7-8,12H2,1-4H3. The zero-order chi connectivity index (χ0) is 31.2. The predicted molar refractivity (Wildman–Crippen MR) is 152 cm³/mol. The highest BCUT2D eigenvalue weighted by Gasteiger charge is 2.48. The maximum Gasteiger partial charge on any atom is 0.308 e. The summed E-state index contributed by atoms with van der Waals surface area (Å²) in [6.07, 6.45) is 0.300. The van der Waals surface area contributed by atoms with Crippen molar-refractivity contribution in [1.29, 1.82) is 0 Å². The topological polar surface area (TPSA) is 156 Å². The van der Waals surface area contributed by atoms with Gasteiger partial charge in [0.2, 0.25) is 17.0 Å². The van der Waals surface area contributed by atoms with Crippen LogP contribution >= 0.6 is 0 Å². The number of nitrogens with zero attached hydrogens (tertiary/aromatic N) is 1. The lowest BCUT2D eigenvalue weighted by Crippen LogP contribution is -2.51. The predicted octanol–water partition coefficient (Wildman–Crippen LogP) is 3.33. The van der Waals surface area contributed by atoms with Crippen LogP contribution in [-0.4, -0.2) is 60.3 Å². The lowest BCUT2D eigenvalue weighted by atomic mass is 9.81. The van der Waals surface area contributed by atoms with E-state index in [4.69, 9.17) is 23.4 Å². The average molecular weight is 598 g/mol. The summed E-state index contributed by atoms with van der Waals surface area (Å²) in [7, 11) is 1.32. The van der Waals surface area contributed by atoms with Crippen molar-refractivity contribution in [2.45, 2.75) is 32.9 Å². The van der Waals surface area contributed by atoms with Crippen LogP contribution in [0, 0.1) is 0 Å². The Bertz CT molecular complexity index is 2130. The number of hydrogen-bond acceptors (Lipinski definition) is 11. The van der Waals surface area contributed by atoms with Gasteiger partial charge in [-0.1, -0.05) is 6.07 Å². The minimum Gasteiger partial charge on any atom is -0.493 e. The lowest BCUT2D eigenvalue weighted by Gasteiger charge is -2.39. The van der Waals surface area contributed by atoms with Crippen LogP contribution < -0.4 is 19.6 Å². The molecular formula is C32H23NO11. The molecule has 1 aliphatic carbocycles. The summed E-state index contributed by atoms with van der Waals surface area (Å²) < 4.78 is 27.8. The number of rotatable bonds is 3. The number of carbonyl (C=O) groups excluding carboxylic acids is 5. The molecule has 0 radical (unpaired) electrons. The summed E-state index contributed by atoms with van der Waals surface area (Å²) in [5.41, 5.74) is -2.00. The number of benzene rings is 3. The Morgan fingerprint density at radius 2 is 1.66 bits per heavy atom. The van der Waals surface area contributed by atoms with Crippen molar-refractivity contribution < 1.29 is 47.3 Å². The van der Waals surface area contributed by atoms with Crippen LogP contribution in [0.3, 0.4) is 0 Å². The first-order chi connectivity index (χ1) is 20.9. The second-order valence-corrected chi connectivity index (χ2v) is 11.0. The second kappa shape index (κ2) is 9.32. The molecule has 1 fully saturated rings. The quantitative estimate of drug-likeness (QED) is 0.222. The van der Waals surface area contributed by atoms with Crippen molar-refractivity contribution in [2.24, 2.45) is 0 Å². The van der Waals surface area contributed by atoms with Gasteiger partial charge in [0, 0.05) is 49.4 Å². The molecule has 3 aromatic carbocycles. The SMILES string of the molecule is COc1cc2oc3c(c(=O)c2cc1OC(C)=O)C(=O)c1c(ccc2cc4c(c(OC(C)=O)c12)C(=O)N1CCOC1(C)C4)C3=O. The molecule has 0 spiro atoms. The van der Waals surface area contributed by atoms with E-state index in [0.29, 0.717) is 30.5 Å². The third kappa shape index (κ3) is 3.73. The van der Waals surface area contributed by atoms with Crippen molar-refractivity contribution in [3.8, 4) is 17.2 Å². The Morgan fingerprint density at radius 1 is 0.909 bits per heavy atom. The molecule has 222 valence electrons. The van der Waals surface area contributed by atoms with Gasteiger partial charge >= 0.3 is 11.9 Å². The summed E-state index contributed by atoms with van der Waals surface area (Å²) in [5.74, 6) is -4.14. The van der Waals surface area contributed by atoms with E-state index in [-0.39, 0.29) is 50.3 Å². The van der Waals surface area contributed by atoms with Gasteiger partial charge in [0.1, 0.15) is 16.9 Å². The number of fused-ring (bicyclic) bond motifs is 7. The van der Waals surface area contributed by atoms with Crippen LogP contribution in [0.25, 0.3) is 21.7 Å². The summed E-state index contributed by atoms with van der Waals surface area (Å²) in [4.78, 5) is 81.4. The van der Waals surface area contributed by atoms with Crippen LogP contribution in [0.4, 0.5) is 0 Å². The molecule has 1 aromatic heterocycles. The van der Waals surface area contributed by atoms with Gasteiger partial charge in [0.05, 0.1) is 24.7 Å². The molecule has 7 rings (SSSR count). The van der Waals surface area contributed by atoms with Gasteiger partial charge in [-0.2, -0.15) is 0 Å². The van der Waals surface area contributed by atoms with Crippen molar-refractivity contribution in [2.75, 3.05) is 20.3 Å². The Morgan fingerprint density at radius 3 is 2.36 bits per heavy atom. The first-order valence-corrected chi connectivity index (χ1v) is 13.7. The van der Waals surface area contributed by atoms with E-state index < -0.39 is 51.9 Å². The molecular weight excluding hydrogens is 574 g/mol. The summed E-state index contributed by atoms with van der Waals surface area (Å²) in [5, 5.41) is 0.331. The van der Waals surface area contributed by atoms with Crippen molar-refractivity contribution >= 4 is 51.2 Å². The summed E-state index contributed by atoms with van der Waals surface area (Å²) in [6, 6.07) is 7.21. The van der Waals surface area contributed by atoms with E-state index in [1.807, 2.05) is 0 Å². The molecule has 2 aliphatic heterocycles. The molecule has 1 amide bonds. The van der Waals surface area contributed by atoms with Gasteiger partial charge in [-0.25, -0.2) is 0 Å². The molecule has 1 atom stereocenters. The molecule has 1 unspecified atom stereocenters. The highest BCUT2D eigenvalue weighted by molar-refractivity contribution is 6.33. The molecule has 3 heterocycles. The Hall–Kier alpha value is -5.36. The molecule has 12 nitrogen and oxygen atoms in total. The lowest BCUT2D eigenvalue weighted by molar-refractivity contribution is -0.132. The van der Waals surface area contributed by atoms with E-state index >= 15 is 0 Å². The third-order valence-corrected chi connectivity index (χ3v) is 8.20. The summed E-state index contributed by atoms with van der Waals surface area (Å²) >= 11 is 0. The fraction of sp³-hybridized carbons (Fsp3) is 0.250. The Labute approximate surface area is 248 Å². The van der Waals surface area contributed by atoms with Crippen LogP contribution in [0.15, 0.2) is 39.5 Å². The van der Waals surface area contributed by atoms with E-state index in [2.05, 4.69) is 0 Å². The minimum absolute atomic E-state index is 0.0485. The number of ether oxygens (including phenoxy) is 4. The highest BCUT2D eigenvalue weighted by atomic mass is 16.6.